The molecule has 42 heavy (non-hydrogen) atoms. The Kier molecular flexibility index (Phi) is 8.58. The SMILES string of the molecule is CCc1c(C)sc(-c2ccnc(N[C@@H]3CNC[C@@H](F)C3)n2)c1Oc1c(C)c(F)c(NS(=O)(=O)C(F)F)c2ccccc12. The highest BCUT2D eigenvalue weighted by atomic mass is 32.2. The summed E-state index contributed by atoms with van der Waals surface area (Å²) in [6.07, 6.45) is 1.53. The van der Waals surface area contributed by atoms with E-state index in [2.05, 4.69) is 20.6 Å². The van der Waals surface area contributed by atoms with Crippen molar-refractivity contribution in [2.45, 2.75) is 51.6 Å². The van der Waals surface area contributed by atoms with Crippen molar-refractivity contribution in [3.63, 3.8) is 0 Å². The topological polar surface area (TPSA) is 105 Å². The van der Waals surface area contributed by atoms with Crippen molar-refractivity contribution >= 4 is 43.8 Å². The summed E-state index contributed by atoms with van der Waals surface area (Å²) in [5.74, 6) is -3.88. The molecule has 1 saturated heterocycles. The quantitative estimate of drug-likeness (QED) is 0.182. The number of benzene rings is 2. The fraction of sp³-hybridized carbons (Fsp3) is 0.357. The van der Waals surface area contributed by atoms with E-state index in [4.69, 9.17) is 4.74 Å². The molecule has 0 radical (unpaired) electrons. The van der Waals surface area contributed by atoms with Crippen LogP contribution in [0, 0.1) is 19.7 Å². The number of hydrogen-bond acceptors (Lipinski definition) is 8. The summed E-state index contributed by atoms with van der Waals surface area (Å²) < 4.78 is 87.9. The zero-order chi connectivity index (χ0) is 30.2. The van der Waals surface area contributed by atoms with Crippen LogP contribution in [-0.2, 0) is 16.4 Å². The Bertz CT molecular complexity index is 1730. The number of ether oxygens (including phenoxy) is 1. The van der Waals surface area contributed by atoms with Gasteiger partial charge in [0.2, 0.25) is 5.95 Å². The molecule has 0 unspecified atom stereocenters. The van der Waals surface area contributed by atoms with E-state index in [1.165, 1.54) is 24.3 Å². The van der Waals surface area contributed by atoms with Gasteiger partial charge >= 0.3 is 5.76 Å². The Morgan fingerprint density at radius 2 is 1.88 bits per heavy atom. The Morgan fingerprint density at radius 1 is 1.14 bits per heavy atom. The zero-order valence-corrected chi connectivity index (χ0v) is 24.6. The molecule has 4 aromatic rings. The number of piperidine rings is 1. The van der Waals surface area contributed by atoms with E-state index in [0.717, 1.165) is 10.4 Å². The number of aromatic nitrogens is 2. The third-order valence-electron chi connectivity index (χ3n) is 7.05. The molecule has 0 saturated carbocycles. The molecule has 2 atom stereocenters. The first-order valence-corrected chi connectivity index (χ1v) is 15.6. The number of sulfonamides is 1. The van der Waals surface area contributed by atoms with Crippen molar-refractivity contribution in [1.82, 2.24) is 15.3 Å². The molecule has 3 heterocycles. The predicted octanol–water partition coefficient (Wildman–Crippen LogP) is 6.55. The first kappa shape index (κ1) is 30.0. The average Bonchev–Trinajstić information content (AvgIpc) is 3.28. The van der Waals surface area contributed by atoms with Crippen LogP contribution in [-0.4, -0.2) is 49.4 Å². The predicted molar refractivity (Wildman–Crippen MR) is 157 cm³/mol. The third kappa shape index (κ3) is 5.88. The Hall–Kier alpha value is -3.49. The van der Waals surface area contributed by atoms with Crippen LogP contribution in [0.4, 0.5) is 29.2 Å². The van der Waals surface area contributed by atoms with Crippen molar-refractivity contribution < 1.29 is 30.7 Å². The summed E-state index contributed by atoms with van der Waals surface area (Å²) in [5, 5.41) is 6.61. The highest BCUT2D eigenvalue weighted by molar-refractivity contribution is 7.93. The van der Waals surface area contributed by atoms with Gasteiger partial charge in [-0.3, -0.25) is 4.72 Å². The van der Waals surface area contributed by atoms with Gasteiger partial charge in [-0.15, -0.1) is 11.3 Å². The maximum absolute atomic E-state index is 15.7. The van der Waals surface area contributed by atoms with Gasteiger partial charge in [-0.05, 0) is 26.3 Å². The van der Waals surface area contributed by atoms with E-state index < -0.39 is 33.5 Å². The molecule has 0 spiro atoms. The van der Waals surface area contributed by atoms with E-state index >= 15 is 4.39 Å². The molecule has 0 bridgehead atoms. The largest absolute Gasteiger partial charge is 0.454 e. The van der Waals surface area contributed by atoms with Crippen molar-refractivity contribution in [1.29, 1.82) is 0 Å². The van der Waals surface area contributed by atoms with Gasteiger partial charge in [-0.1, -0.05) is 31.2 Å². The monoisotopic (exact) mass is 623 g/mol. The molecule has 0 amide bonds. The number of hydrogen-bond donors (Lipinski definition) is 3. The second-order valence-electron chi connectivity index (χ2n) is 9.95. The lowest BCUT2D eigenvalue weighted by Crippen LogP contribution is -2.44. The molecule has 1 aliphatic heterocycles. The van der Waals surface area contributed by atoms with E-state index in [-0.39, 0.29) is 22.7 Å². The number of halogens is 4. The second kappa shape index (κ2) is 12.0. The van der Waals surface area contributed by atoms with Crippen LogP contribution >= 0.6 is 11.3 Å². The van der Waals surface area contributed by atoms with Crippen molar-refractivity contribution in [3.8, 4) is 22.1 Å². The molecular weight excluding hydrogens is 594 g/mol. The number of alkyl halides is 3. The van der Waals surface area contributed by atoms with Crippen LogP contribution in [0.2, 0.25) is 0 Å². The number of nitrogens with one attached hydrogen (secondary N) is 3. The van der Waals surface area contributed by atoms with E-state index in [1.54, 1.807) is 35.2 Å². The standard InChI is InChI=1S/C28H29F4N5O3S2/c1-4-18-15(3)41-26(21-9-10-34-28(36-21)35-17-11-16(29)12-33-13-17)25(18)40-24-14(2)22(30)23(37-42(38,39)27(31)32)19-7-5-6-8-20(19)24/h5-10,16-17,27,33,37H,4,11-13H2,1-3H3,(H,34,35,36)/t16-,17-/m0/s1. The van der Waals surface area contributed by atoms with Crippen molar-refractivity contribution in [3.05, 3.63) is 58.3 Å². The van der Waals surface area contributed by atoms with Gasteiger partial charge in [0.1, 0.15) is 11.9 Å². The molecule has 2 aromatic heterocycles. The van der Waals surface area contributed by atoms with Gasteiger partial charge in [-0.2, -0.15) is 8.78 Å². The minimum atomic E-state index is -5.13. The van der Waals surface area contributed by atoms with Gasteiger partial charge in [-0.25, -0.2) is 27.2 Å². The number of rotatable bonds is 9. The minimum absolute atomic E-state index is 0.0619. The number of anilines is 2. The van der Waals surface area contributed by atoms with Crippen LogP contribution < -0.4 is 20.1 Å². The van der Waals surface area contributed by atoms with Crippen LogP contribution in [0.3, 0.4) is 0 Å². The van der Waals surface area contributed by atoms with Gasteiger partial charge in [0.15, 0.2) is 11.6 Å². The van der Waals surface area contributed by atoms with E-state index in [0.29, 0.717) is 53.6 Å². The molecule has 14 heteroatoms. The molecule has 1 fully saturated rings. The summed E-state index contributed by atoms with van der Waals surface area (Å²) in [6, 6.07) is 7.76. The fourth-order valence-electron chi connectivity index (χ4n) is 5.01. The molecule has 1 aliphatic rings. The third-order valence-corrected chi connectivity index (χ3v) is 9.15. The van der Waals surface area contributed by atoms with Crippen LogP contribution in [0.5, 0.6) is 11.5 Å². The molecular formula is C28H29F4N5O3S2. The lowest BCUT2D eigenvalue weighted by atomic mass is 10.0. The maximum atomic E-state index is 15.7. The summed E-state index contributed by atoms with van der Waals surface area (Å²) in [5.41, 5.74) is 0.770. The van der Waals surface area contributed by atoms with Gasteiger partial charge in [0.05, 0.1) is 16.3 Å². The smallest absolute Gasteiger partial charge is 0.355 e. The normalized spacial score (nSPS) is 17.5. The van der Waals surface area contributed by atoms with Gasteiger partial charge in [0.25, 0.3) is 10.0 Å². The summed E-state index contributed by atoms with van der Waals surface area (Å²) in [4.78, 5) is 10.6. The summed E-state index contributed by atoms with van der Waals surface area (Å²) in [6.45, 7) is 6.16. The van der Waals surface area contributed by atoms with Crippen molar-refractivity contribution in [2.75, 3.05) is 23.1 Å². The number of thiophene rings is 1. The van der Waals surface area contributed by atoms with Crippen LogP contribution in [0.15, 0.2) is 36.5 Å². The van der Waals surface area contributed by atoms with Crippen molar-refractivity contribution in [2.24, 2.45) is 0 Å². The summed E-state index contributed by atoms with van der Waals surface area (Å²) in [7, 11) is -5.13. The first-order valence-electron chi connectivity index (χ1n) is 13.3. The average molecular weight is 624 g/mol. The van der Waals surface area contributed by atoms with Crippen LogP contribution in [0.25, 0.3) is 21.3 Å². The summed E-state index contributed by atoms with van der Waals surface area (Å²) >= 11 is 1.44. The Morgan fingerprint density at radius 3 is 2.57 bits per heavy atom. The van der Waals surface area contributed by atoms with Gasteiger partial charge in [0, 0.05) is 58.5 Å². The zero-order valence-electron chi connectivity index (χ0n) is 23.0. The van der Waals surface area contributed by atoms with E-state index in [9.17, 15) is 21.6 Å². The number of nitrogens with zero attached hydrogens (tertiary/aromatic N) is 2. The Balaban J connectivity index is 1.58. The maximum Gasteiger partial charge on any atom is 0.355 e. The molecule has 5 rings (SSSR count). The van der Waals surface area contributed by atoms with E-state index in [1.807, 2.05) is 13.8 Å². The minimum Gasteiger partial charge on any atom is -0.454 e. The molecule has 224 valence electrons. The molecule has 8 nitrogen and oxygen atoms in total. The molecule has 3 N–H and O–H groups in total. The number of fused-ring (bicyclic) bond motifs is 1. The van der Waals surface area contributed by atoms with Gasteiger partial charge < -0.3 is 15.4 Å². The Labute approximate surface area is 244 Å². The molecule has 2 aromatic carbocycles. The van der Waals surface area contributed by atoms with Crippen LogP contribution in [0.1, 0.15) is 29.3 Å². The lowest BCUT2D eigenvalue weighted by Gasteiger charge is -2.26. The first-order chi connectivity index (χ1) is 20.0. The highest BCUT2D eigenvalue weighted by Gasteiger charge is 2.29. The second-order valence-corrected chi connectivity index (χ2v) is 12.8. The fourth-order valence-corrected chi connectivity index (χ4v) is 6.72. The highest BCUT2D eigenvalue weighted by Crippen LogP contribution is 2.47. The lowest BCUT2D eigenvalue weighted by molar-refractivity contribution is 0.236. The molecule has 0 aliphatic carbocycles. The number of aryl methyl sites for hydroxylation is 1.